The van der Waals surface area contributed by atoms with Crippen LogP contribution >= 0.6 is 0 Å². The number of nitrogens with two attached hydrogens (primary N) is 1. The van der Waals surface area contributed by atoms with Crippen molar-refractivity contribution in [3.05, 3.63) is 35.4 Å². The van der Waals surface area contributed by atoms with E-state index < -0.39 is 0 Å². The molecule has 0 aromatic heterocycles. The van der Waals surface area contributed by atoms with Crippen LogP contribution in [-0.2, 0) is 5.41 Å². The standard InChI is InChI=1S/C13H19N/c1-13(2)8-7-10(9-14)11-5-3-4-6-12(11)13/h3-6,10H,7-9,14H2,1-2H3/t10-/m0/s1. The van der Waals surface area contributed by atoms with E-state index in [4.69, 9.17) is 5.73 Å². The highest BCUT2D eigenvalue weighted by Crippen LogP contribution is 2.41. The summed E-state index contributed by atoms with van der Waals surface area (Å²) in [4.78, 5) is 0. The van der Waals surface area contributed by atoms with Crippen molar-refractivity contribution in [1.29, 1.82) is 0 Å². The van der Waals surface area contributed by atoms with E-state index in [1.807, 2.05) is 0 Å². The topological polar surface area (TPSA) is 26.0 Å². The van der Waals surface area contributed by atoms with Gasteiger partial charge < -0.3 is 5.73 Å². The van der Waals surface area contributed by atoms with Gasteiger partial charge in [-0.3, -0.25) is 0 Å². The summed E-state index contributed by atoms with van der Waals surface area (Å²) in [6.45, 7) is 5.45. The predicted molar refractivity (Wildman–Crippen MR) is 60.5 cm³/mol. The summed E-state index contributed by atoms with van der Waals surface area (Å²) < 4.78 is 0. The number of rotatable bonds is 1. The Bertz CT molecular complexity index is 328. The molecular formula is C13H19N. The fourth-order valence-electron chi connectivity index (χ4n) is 2.54. The molecule has 14 heavy (non-hydrogen) atoms. The highest BCUT2D eigenvalue weighted by atomic mass is 14.6. The number of hydrogen-bond donors (Lipinski definition) is 1. The van der Waals surface area contributed by atoms with E-state index in [0.29, 0.717) is 11.3 Å². The largest absolute Gasteiger partial charge is 0.330 e. The van der Waals surface area contributed by atoms with Gasteiger partial charge in [-0.05, 0) is 41.8 Å². The molecule has 0 spiro atoms. The summed E-state index contributed by atoms with van der Waals surface area (Å²) in [7, 11) is 0. The third-order valence-corrected chi connectivity index (χ3v) is 3.53. The molecule has 0 fully saturated rings. The van der Waals surface area contributed by atoms with E-state index in [2.05, 4.69) is 38.1 Å². The van der Waals surface area contributed by atoms with Crippen molar-refractivity contribution in [1.82, 2.24) is 0 Å². The van der Waals surface area contributed by atoms with Gasteiger partial charge in [-0.15, -0.1) is 0 Å². The average Bonchev–Trinajstić information content (AvgIpc) is 2.18. The van der Waals surface area contributed by atoms with Gasteiger partial charge in [-0.2, -0.15) is 0 Å². The second-order valence-corrected chi connectivity index (χ2v) is 4.94. The zero-order valence-electron chi connectivity index (χ0n) is 9.09. The number of hydrogen-bond acceptors (Lipinski definition) is 1. The maximum absolute atomic E-state index is 5.81. The fraction of sp³-hybridized carbons (Fsp3) is 0.538. The van der Waals surface area contributed by atoms with Gasteiger partial charge in [0.2, 0.25) is 0 Å². The minimum absolute atomic E-state index is 0.336. The zero-order valence-corrected chi connectivity index (χ0v) is 9.09. The molecule has 0 heterocycles. The van der Waals surface area contributed by atoms with Gasteiger partial charge in [0, 0.05) is 0 Å². The van der Waals surface area contributed by atoms with Crippen LogP contribution < -0.4 is 5.73 Å². The van der Waals surface area contributed by atoms with Crippen molar-refractivity contribution in [2.75, 3.05) is 6.54 Å². The minimum atomic E-state index is 0.336. The van der Waals surface area contributed by atoms with Crippen molar-refractivity contribution in [2.45, 2.75) is 38.0 Å². The number of fused-ring (bicyclic) bond motifs is 1. The second kappa shape index (κ2) is 3.39. The molecule has 1 aliphatic rings. The lowest BCUT2D eigenvalue weighted by Gasteiger charge is -2.36. The van der Waals surface area contributed by atoms with Crippen molar-refractivity contribution in [2.24, 2.45) is 5.73 Å². The highest BCUT2D eigenvalue weighted by Gasteiger charge is 2.31. The lowest BCUT2D eigenvalue weighted by Crippen LogP contribution is -2.29. The summed E-state index contributed by atoms with van der Waals surface area (Å²) in [5.74, 6) is 0.583. The lowest BCUT2D eigenvalue weighted by molar-refractivity contribution is 0.394. The molecule has 0 aliphatic heterocycles. The van der Waals surface area contributed by atoms with Crippen molar-refractivity contribution >= 4 is 0 Å². The van der Waals surface area contributed by atoms with Gasteiger partial charge in [-0.25, -0.2) is 0 Å². The Balaban J connectivity index is 2.49. The molecule has 1 aromatic carbocycles. The third-order valence-electron chi connectivity index (χ3n) is 3.53. The molecule has 1 nitrogen and oxygen atoms in total. The second-order valence-electron chi connectivity index (χ2n) is 4.94. The third kappa shape index (κ3) is 1.46. The Labute approximate surface area is 86.3 Å². The molecule has 0 unspecified atom stereocenters. The molecule has 1 aliphatic carbocycles. The molecule has 2 N–H and O–H groups in total. The van der Waals surface area contributed by atoms with Crippen LogP contribution in [0.3, 0.4) is 0 Å². The fourth-order valence-corrected chi connectivity index (χ4v) is 2.54. The predicted octanol–water partition coefficient (Wildman–Crippen LogP) is 2.80. The van der Waals surface area contributed by atoms with Crippen LogP contribution in [0.1, 0.15) is 43.7 Å². The summed E-state index contributed by atoms with van der Waals surface area (Å²) in [6.07, 6.45) is 2.49. The highest BCUT2D eigenvalue weighted by molar-refractivity contribution is 5.38. The minimum Gasteiger partial charge on any atom is -0.330 e. The van der Waals surface area contributed by atoms with E-state index in [-0.39, 0.29) is 0 Å². The van der Waals surface area contributed by atoms with Crippen LogP contribution in [0, 0.1) is 0 Å². The molecule has 2 rings (SSSR count). The quantitative estimate of drug-likeness (QED) is 0.722. The lowest BCUT2D eigenvalue weighted by atomic mass is 9.69. The van der Waals surface area contributed by atoms with Gasteiger partial charge in [0.05, 0.1) is 0 Å². The smallest absolute Gasteiger partial charge is 0.000813 e. The summed E-state index contributed by atoms with van der Waals surface area (Å²) in [5, 5.41) is 0. The van der Waals surface area contributed by atoms with Gasteiger partial charge in [0.25, 0.3) is 0 Å². The molecule has 0 amide bonds. The van der Waals surface area contributed by atoms with Crippen LogP contribution in [0.2, 0.25) is 0 Å². The molecular weight excluding hydrogens is 170 g/mol. The van der Waals surface area contributed by atoms with Crippen molar-refractivity contribution in [3.8, 4) is 0 Å². The van der Waals surface area contributed by atoms with Gasteiger partial charge in [0.1, 0.15) is 0 Å². The van der Waals surface area contributed by atoms with Gasteiger partial charge in [0.15, 0.2) is 0 Å². The first-order chi connectivity index (χ1) is 6.65. The van der Waals surface area contributed by atoms with E-state index in [1.165, 1.54) is 24.0 Å². The molecule has 1 heteroatoms. The van der Waals surface area contributed by atoms with Crippen LogP contribution in [-0.4, -0.2) is 6.54 Å². The van der Waals surface area contributed by atoms with E-state index in [0.717, 1.165) is 6.54 Å². The first-order valence-electron chi connectivity index (χ1n) is 5.44. The monoisotopic (exact) mass is 189 g/mol. The molecule has 0 radical (unpaired) electrons. The van der Waals surface area contributed by atoms with Crippen LogP contribution in [0.15, 0.2) is 24.3 Å². The van der Waals surface area contributed by atoms with Crippen molar-refractivity contribution < 1.29 is 0 Å². The Morgan fingerprint density at radius 3 is 2.79 bits per heavy atom. The summed E-state index contributed by atoms with van der Waals surface area (Å²) in [6, 6.07) is 8.77. The summed E-state index contributed by atoms with van der Waals surface area (Å²) >= 11 is 0. The Hall–Kier alpha value is -0.820. The Kier molecular flexibility index (Phi) is 2.36. The normalized spacial score (nSPS) is 24.4. The molecule has 76 valence electrons. The average molecular weight is 189 g/mol. The van der Waals surface area contributed by atoms with E-state index in [9.17, 15) is 0 Å². The van der Waals surface area contributed by atoms with E-state index in [1.54, 1.807) is 0 Å². The van der Waals surface area contributed by atoms with Crippen LogP contribution in [0.4, 0.5) is 0 Å². The van der Waals surface area contributed by atoms with Gasteiger partial charge in [-0.1, -0.05) is 38.1 Å². The first-order valence-corrected chi connectivity index (χ1v) is 5.44. The Morgan fingerprint density at radius 2 is 2.07 bits per heavy atom. The van der Waals surface area contributed by atoms with Gasteiger partial charge >= 0.3 is 0 Å². The maximum Gasteiger partial charge on any atom is -0.000813 e. The number of benzene rings is 1. The SMILES string of the molecule is CC1(C)CC[C@@H](CN)c2ccccc21. The maximum atomic E-state index is 5.81. The molecule has 0 bridgehead atoms. The van der Waals surface area contributed by atoms with Crippen LogP contribution in [0.25, 0.3) is 0 Å². The summed E-state index contributed by atoms with van der Waals surface area (Å²) in [5.41, 5.74) is 9.12. The van der Waals surface area contributed by atoms with Crippen LogP contribution in [0.5, 0.6) is 0 Å². The Morgan fingerprint density at radius 1 is 1.36 bits per heavy atom. The van der Waals surface area contributed by atoms with Crippen molar-refractivity contribution in [3.63, 3.8) is 0 Å². The molecule has 0 saturated heterocycles. The first kappa shape index (κ1) is 9.72. The molecule has 1 aromatic rings. The molecule has 1 atom stereocenters. The zero-order chi connectivity index (χ0) is 10.2. The molecule has 0 saturated carbocycles. The van der Waals surface area contributed by atoms with E-state index >= 15 is 0 Å².